The van der Waals surface area contributed by atoms with Crippen LogP contribution in [0.15, 0.2) is 24.3 Å². The molecular formula is C19H26N2O4S. The van der Waals surface area contributed by atoms with Crippen LogP contribution in [0, 0.1) is 0 Å². The Bertz CT molecular complexity index is 767. The maximum atomic E-state index is 12.7. The predicted molar refractivity (Wildman–Crippen MR) is 99.7 cm³/mol. The Labute approximate surface area is 155 Å². The molecule has 0 spiro atoms. The van der Waals surface area contributed by atoms with Gasteiger partial charge in [0, 0.05) is 30.3 Å². The number of nitrogens with one attached hydrogen (secondary N) is 1. The van der Waals surface area contributed by atoms with Crippen LogP contribution in [0.4, 0.5) is 0 Å². The Morgan fingerprint density at radius 1 is 1.00 bits per heavy atom. The summed E-state index contributed by atoms with van der Waals surface area (Å²) in [4.78, 5) is 25.7. The van der Waals surface area contributed by atoms with Gasteiger partial charge in [-0.15, -0.1) is 0 Å². The first-order valence-electron chi connectivity index (χ1n) is 9.28. The lowest BCUT2D eigenvalue weighted by atomic mass is 10.1. The van der Waals surface area contributed by atoms with Gasteiger partial charge in [-0.1, -0.05) is 25.0 Å². The second kappa shape index (κ2) is 7.88. The minimum atomic E-state index is -3.42. The molecule has 1 saturated carbocycles. The summed E-state index contributed by atoms with van der Waals surface area (Å²) in [6, 6.07) is 6.58. The molecule has 3 rings (SSSR count). The third kappa shape index (κ3) is 4.32. The fourth-order valence-corrected chi connectivity index (χ4v) is 5.52. The molecule has 1 aromatic rings. The van der Waals surface area contributed by atoms with Crippen LogP contribution in [0.5, 0.6) is 0 Å². The second-order valence-corrected chi connectivity index (χ2v) is 9.29. The van der Waals surface area contributed by atoms with Gasteiger partial charge >= 0.3 is 0 Å². The Morgan fingerprint density at radius 2 is 1.62 bits per heavy atom. The SMILES string of the molecule is CC(=O)c1ccc(C(=O)N2CCC[C@H](S(=O)(=O)NC3CCCC3)C2)cc1. The van der Waals surface area contributed by atoms with E-state index in [4.69, 9.17) is 0 Å². The van der Waals surface area contributed by atoms with E-state index in [1.54, 1.807) is 29.2 Å². The third-order valence-corrected chi connectivity index (χ3v) is 7.25. The van der Waals surface area contributed by atoms with Crippen molar-refractivity contribution in [1.82, 2.24) is 9.62 Å². The van der Waals surface area contributed by atoms with E-state index in [0.29, 0.717) is 30.5 Å². The number of ketones is 1. The summed E-state index contributed by atoms with van der Waals surface area (Å²) in [5, 5.41) is -0.558. The molecule has 0 radical (unpaired) electrons. The largest absolute Gasteiger partial charge is 0.337 e. The minimum absolute atomic E-state index is 0.0465. The van der Waals surface area contributed by atoms with Gasteiger partial charge in [0.2, 0.25) is 10.0 Å². The van der Waals surface area contributed by atoms with Crippen LogP contribution in [0.1, 0.15) is 66.2 Å². The molecule has 1 amide bonds. The normalized spacial score (nSPS) is 21.7. The number of hydrogen-bond acceptors (Lipinski definition) is 4. The van der Waals surface area contributed by atoms with Crippen molar-refractivity contribution in [1.29, 1.82) is 0 Å². The molecule has 1 N–H and O–H groups in total. The first kappa shape index (κ1) is 19.0. The first-order chi connectivity index (χ1) is 12.4. The van der Waals surface area contributed by atoms with Crippen molar-refractivity contribution >= 4 is 21.7 Å². The molecule has 142 valence electrons. The van der Waals surface area contributed by atoms with Crippen molar-refractivity contribution in [2.75, 3.05) is 13.1 Å². The number of nitrogens with zero attached hydrogens (tertiary/aromatic N) is 1. The van der Waals surface area contributed by atoms with E-state index in [0.717, 1.165) is 25.7 Å². The third-order valence-electron chi connectivity index (χ3n) is 5.33. The van der Waals surface area contributed by atoms with Crippen LogP contribution in [-0.2, 0) is 10.0 Å². The number of Topliss-reactive ketones (excluding diaryl/α,β-unsaturated/α-hetero) is 1. The second-order valence-electron chi connectivity index (χ2n) is 7.29. The average molecular weight is 378 g/mol. The first-order valence-corrected chi connectivity index (χ1v) is 10.8. The highest BCUT2D eigenvalue weighted by molar-refractivity contribution is 7.90. The van der Waals surface area contributed by atoms with Gasteiger partial charge in [0.25, 0.3) is 5.91 Å². The number of benzene rings is 1. The topological polar surface area (TPSA) is 83.6 Å². The lowest BCUT2D eigenvalue weighted by molar-refractivity contribution is 0.0726. The summed E-state index contributed by atoms with van der Waals surface area (Å²) < 4.78 is 28.2. The van der Waals surface area contributed by atoms with Crippen LogP contribution in [0.25, 0.3) is 0 Å². The van der Waals surface area contributed by atoms with Gasteiger partial charge in [0.05, 0.1) is 5.25 Å². The standard InChI is InChI=1S/C19H26N2O4S/c1-14(22)15-8-10-16(11-9-15)19(23)21-12-4-7-18(13-21)26(24,25)20-17-5-2-3-6-17/h8-11,17-18,20H,2-7,12-13H2,1H3/t18-/m0/s1. The van der Waals surface area contributed by atoms with Gasteiger partial charge in [0.15, 0.2) is 5.78 Å². The molecule has 0 aromatic heterocycles. The fraction of sp³-hybridized carbons (Fsp3) is 0.579. The molecule has 6 nitrogen and oxygen atoms in total. The molecule has 0 unspecified atom stereocenters. The van der Waals surface area contributed by atoms with Gasteiger partial charge in [-0.3, -0.25) is 9.59 Å². The summed E-state index contributed by atoms with van der Waals surface area (Å²) in [7, 11) is -3.42. The predicted octanol–water partition coefficient (Wildman–Crippen LogP) is 2.36. The summed E-state index contributed by atoms with van der Waals surface area (Å²) in [5.74, 6) is -0.230. The number of likely N-dealkylation sites (tertiary alicyclic amines) is 1. The molecule has 7 heteroatoms. The highest BCUT2D eigenvalue weighted by Gasteiger charge is 2.34. The van der Waals surface area contributed by atoms with Crippen LogP contribution in [0.3, 0.4) is 0 Å². The number of amides is 1. The van der Waals surface area contributed by atoms with Crippen LogP contribution < -0.4 is 4.72 Å². The number of carbonyl (C=O) groups excluding carboxylic acids is 2. The lowest BCUT2D eigenvalue weighted by Gasteiger charge is -2.33. The van der Waals surface area contributed by atoms with Crippen molar-refractivity contribution < 1.29 is 18.0 Å². The van der Waals surface area contributed by atoms with Crippen LogP contribution >= 0.6 is 0 Å². The van der Waals surface area contributed by atoms with Crippen molar-refractivity contribution in [3.63, 3.8) is 0 Å². The van der Waals surface area contributed by atoms with E-state index >= 15 is 0 Å². The van der Waals surface area contributed by atoms with Gasteiger partial charge < -0.3 is 4.90 Å². The van der Waals surface area contributed by atoms with Gasteiger partial charge in [-0.05, 0) is 44.7 Å². The summed E-state index contributed by atoms with van der Waals surface area (Å²) in [6.45, 7) is 2.26. The molecule has 1 saturated heterocycles. The van der Waals surface area contributed by atoms with Crippen molar-refractivity contribution in [2.45, 2.75) is 56.7 Å². The molecule has 0 bridgehead atoms. The summed E-state index contributed by atoms with van der Waals surface area (Å²) in [6.07, 6.45) is 5.19. The number of sulfonamides is 1. The molecule has 26 heavy (non-hydrogen) atoms. The number of carbonyl (C=O) groups is 2. The summed E-state index contributed by atoms with van der Waals surface area (Å²) >= 11 is 0. The van der Waals surface area contributed by atoms with Crippen molar-refractivity contribution in [3.8, 4) is 0 Å². The highest BCUT2D eigenvalue weighted by atomic mass is 32.2. The Balaban J connectivity index is 1.67. The van der Waals surface area contributed by atoms with Crippen molar-refractivity contribution in [2.24, 2.45) is 0 Å². The zero-order chi connectivity index (χ0) is 18.7. The molecule has 1 atom stereocenters. The Kier molecular flexibility index (Phi) is 5.77. The van der Waals surface area contributed by atoms with E-state index in [-0.39, 0.29) is 24.3 Å². The van der Waals surface area contributed by atoms with E-state index in [9.17, 15) is 18.0 Å². The molecule has 2 fully saturated rings. The van der Waals surface area contributed by atoms with E-state index in [1.165, 1.54) is 6.92 Å². The Hall–Kier alpha value is -1.73. The zero-order valence-electron chi connectivity index (χ0n) is 15.1. The highest BCUT2D eigenvalue weighted by Crippen LogP contribution is 2.23. The number of hydrogen-bond donors (Lipinski definition) is 1. The van der Waals surface area contributed by atoms with Gasteiger partial charge in [-0.2, -0.15) is 0 Å². The van der Waals surface area contributed by atoms with Gasteiger partial charge in [-0.25, -0.2) is 13.1 Å². The number of rotatable bonds is 5. The molecule has 1 aliphatic carbocycles. The van der Waals surface area contributed by atoms with E-state index in [2.05, 4.69) is 4.72 Å². The number of piperidine rings is 1. The maximum absolute atomic E-state index is 12.7. The van der Waals surface area contributed by atoms with Crippen LogP contribution in [0.2, 0.25) is 0 Å². The summed E-state index contributed by atoms with van der Waals surface area (Å²) in [5.41, 5.74) is 1.04. The minimum Gasteiger partial charge on any atom is -0.337 e. The molecule has 1 aliphatic heterocycles. The smallest absolute Gasteiger partial charge is 0.253 e. The molecule has 1 heterocycles. The fourth-order valence-electron chi connectivity index (χ4n) is 3.78. The average Bonchev–Trinajstić information content (AvgIpc) is 3.13. The van der Waals surface area contributed by atoms with Crippen molar-refractivity contribution in [3.05, 3.63) is 35.4 Å². The molecule has 1 aromatic carbocycles. The van der Waals surface area contributed by atoms with E-state index in [1.807, 2.05) is 0 Å². The van der Waals surface area contributed by atoms with Crippen LogP contribution in [-0.4, -0.2) is 49.4 Å². The quantitative estimate of drug-likeness (QED) is 0.797. The molecule has 2 aliphatic rings. The molecular weight excluding hydrogens is 352 g/mol. The van der Waals surface area contributed by atoms with Gasteiger partial charge in [0.1, 0.15) is 0 Å². The zero-order valence-corrected chi connectivity index (χ0v) is 15.9. The Morgan fingerprint density at radius 3 is 2.23 bits per heavy atom. The monoisotopic (exact) mass is 378 g/mol. The van der Waals surface area contributed by atoms with E-state index < -0.39 is 15.3 Å². The lowest BCUT2D eigenvalue weighted by Crippen LogP contribution is -2.49. The maximum Gasteiger partial charge on any atom is 0.253 e.